The Hall–Kier alpha value is -1.35. The largest absolute Gasteiger partial charge is 0.335 e. The predicted molar refractivity (Wildman–Crippen MR) is 82.2 cm³/mol. The SMILES string of the molecule is CC(C)(N)C(C)(C)C(=O)N1CCCC1c1ccccc1. The van der Waals surface area contributed by atoms with Crippen LogP contribution < -0.4 is 5.73 Å². The molecule has 1 aromatic rings. The van der Waals surface area contributed by atoms with Crippen LogP contribution in [-0.2, 0) is 4.79 Å². The number of amides is 1. The first kappa shape index (κ1) is 15.0. The van der Waals surface area contributed by atoms with Crippen LogP contribution in [0.25, 0.3) is 0 Å². The first-order valence-corrected chi connectivity index (χ1v) is 7.40. The van der Waals surface area contributed by atoms with Crippen molar-refractivity contribution in [2.24, 2.45) is 11.1 Å². The topological polar surface area (TPSA) is 46.3 Å². The van der Waals surface area contributed by atoms with Crippen LogP contribution in [0.4, 0.5) is 0 Å². The van der Waals surface area contributed by atoms with Crippen molar-refractivity contribution < 1.29 is 4.79 Å². The van der Waals surface area contributed by atoms with E-state index >= 15 is 0 Å². The van der Waals surface area contributed by atoms with E-state index in [9.17, 15) is 4.79 Å². The molecule has 2 N–H and O–H groups in total. The number of rotatable bonds is 3. The second-order valence-corrected chi connectivity index (χ2v) is 6.91. The van der Waals surface area contributed by atoms with Crippen molar-refractivity contribution in [1.29, 1.82) is 0 Å². The van der Waals surface area contributed by atoms with Gasteiger partial charge in [-0.3, -0.25) is 4.79 Å². The number of nitrogens with two attached hydrogens (primary N) is 1. The van der Waals surface area contributed by atoms with Crippen molar-refractivity contribution in [3.8, 4) is 0 Å². The summed E-state index contributed by atoms with van der Waals surface area (Å²) in [6.45, 7) is 8.60. The summed E-state index contributed by atoms with van der Waals surface area (Å²) in [7, 11) is 0. The van der Waals surface area contributed by atoms with Gasteiger partial charge in [-0.1, -0.05) is 30.3 Å². The van der Waals surface area contributed by atoms with Gasteiger partial charge in [0.1, 0.15) is 0 Å². The number of nitrogens with zero attached hydrogens (tertiary/aromatic N) is 1. The molecule has 1 atom stereocenters. The van der Waals surface area contributed by atoms with Crippen LogP contribution in [0.5, 0.6) is 0 Å². The molecule has 3 heteroatoms. The van der Waals surface area contributed by atoms with Gasteiger partial charge in [-0.05, 0) is 46.1 Å². The average Bonchev–Trinajstić information content (AvgIpc) is 2.86. The fourth-order valence-electron chi connectivity index (χ4n) is 2.67. The maximum absolute atomic E-state index is 12.9. The van der Waals surface area contributed by atoms with Gasteiger partial charge in [0.15, 0.2) is 0 Å². The minimum absolute atomic E-state index is 0.163. The molecule has 20 heavy (non-hydrogen) atoms. The Morgan fingerprint density at radius 3 is 2.35 bits per heavy atom. The third kappa shape index (κ3) is 2.59. The smallest absolute Gasteiger partial charge is 0.230 e. The van der Waals surface area contributed by atoms with Crippen molar-refractivity contribution in [3.05, 3.63) is 35.9 Å². The molecule has 1 aliphatic heterocycles. The number of hydrogen-bond acceptors (Lipinski definition) is 2. The minimum Gasteiger partial charge on any atom is -0.335 e. The molecule has 0 saturated carbocycles. The van der Waals surface area contributed by atoms with Crippen LogP contribution in [0.15, 0.2) is 30.3 Å². The monoisotopic (exact) mass is 274 g/mol. The first-order chi connectivity index (χ1) is 9.25. The molecule has 1 saturated heterocycles. The van der Waals surface area contributed by atoms with Gasteiger partial charge >= 0.3 is 0 Å². The molecule has 0 aromatic heterocycles. The molecule has 0 bridgehead atoms. The Kier molecular flexibility index (Phi) is 3.92. The summed E-state index contributed by atoms with van der Waals surface area (Å²) in [5, 5.41) is 0. The van der Waals surface area contributed by atoms with Gasteiger partial charge in [0, 0.05) is 12.1 Å². The van der Waals surface area contributed by atoms with E-state index in [1.807, 2.05) is 50.8 Å². The van der Waals surface area contributed by atoms with Crippen LogP contribution in [0, 0.1) is 5.41 Å². The summed E-state index contributed by atoms with van der Waals surface area (Å²) >= 11 is 0. The van der Waals surface area contributed by atoms with E-state index < -0.39 is 11.0 Å². The Balaban J connectivity index is 2.26. The zero-order chi connectivity index (χ0) is 15.0. The van der Waals surface area contributed by atoms with Gasteiger partial charge in [-0.2, -0.15) is 0 Å². The lowest BCUT2D eigenvalue weighted by Crippen LogP contribution is -2.56. The van der Waals surface area contributed by atoms with E-state index in [0.717, 1.165) is 19.4 Å². The van der Waals surface area contributed by atoms with Crippen molar-refractivity contribution in [1.82, 2.24) is 4.90 Å². The number of carbonyl (C=O) groups is 1. The zero-order valence-electron chi connectivity index (χ0n) is 13.0. The Labute approximate surface area is 122 Å². The fraction of sp³-hybridized carbons (Fsp3) is 0.588. The van der Waals surface area contributed by atoms with Crippen LogP contribution in [0.1, 0.15) is 52.1 Å². The highest BCUT2D eigenvalue weighted by Gasteiger charge is 2.45. The second kappa shape index (κ2) is 5.21. The lowest BCUT2D eigenvalue weighted by molar-refractivity contribution is -0.144. The Bertz CT molecular complexity index is 474. The Morgan fingerprint density at radius 2 is 1.80 bits per heavy atom. The number of benzene rings is 1. The summed E-state index contributed by atoms with van der Waals surface area (Å²) in [5.41, 5.74) is 6.35. The summed E-state index contributed by atoms with van der Waals surface area (Å²) in [5.74, 6) is 0.163. The highest BCUT2D eigenvalue weighted by molar-refractivity contribution is 5.84. The summed E-state index contributed by atoms with van der Waals surface area (Å²) in [6, 6.07) is 10.5. The Morgan fingerprint density at radius 1 is 1.20 bits per heavy atom. The maximum atomic E-state index is 12.9. The molecular formula is C17H26N2O. The standard InChI is InChI=1S/C17H26N2O/c1-16(2,17(3,4)18)15(20)19-12-8-11-14(19)13-9-6-5-7-10-13/h5-7,9-10,14H,8,11-12,18H2,1-4H3. The summed E-state index contributed by atoms with van der Waals surface area (Å²) in [6.07, 6.45) is 2.10. The van der Waals surface area contributed by atoms with E-state index in [4.69, 9.17) is 5.73 Å². The third-order valence-electron chi connectivity index (χ3n) is 4.84. The molecule has 1 unspecified atom stereocenters. The molecule has 1 aromatic carbocycles. The van der Waals surface area contributed by atoms with Crippen LogP contribution >= 0.6 is 0 Å². The summed E-state index contributed by atoms with van der Waals surface area (Å²) < 4.78 is 0. The van der Waals surface area contributed by atoms with E-state index in [2.05, 4.69) is 12.1 Å². The van der Waals surface area contributed by atoms with E-state index in [1.54, 1.807) is 0 Å². The highest BCUT2D eigenvalue weighted by Crippen LogP contribution is 2.38. The first-order valence-electron chi connectivity index (χ1n) is 7.40. The van der Waals surface area contributed by atoms with Crippen molar-refractivity contribution in [2.45, 2.75) is 52.1 Å². The molecule has 3 nitrogen and oxygen atoms in total. The molecule has 0 aliphatic carbocycles. The lowest BCUT2D eigenvalue weighted by atomic mass is 9.74. The van der Waals surface area contributed by atoms with Gasteiger partial charge in [0.2, 0.25) is 5.91 Å². The second-order valence-electron chi connectivity index (χ2n) is 6.91. The molecule has 0 radical (unpaired) electrons. The summed E-state index contributed by atoms with van der Waals surface area (Å²) in [4.78, 5) is 15.0. The lowest BCUT2D eigenvalue weighted by Gasteiger charge is -2.41. The molecule has 1 amide bonds. The van der Waals surface area contributed by atoms with Crippen LogP contribution in [-0.4, -0.2) is 22.9 Å². The van der Waals surface area contributed by atoms with E-state index in [0.29, 0.717) is 0 Å². The van der Waals surface area contributed by atoms with Gasteiger partial charge in [0.05, 0.1) is 11.5 Å². The number of carbonyl (C=O) groups excluding carboxylic acids is 1. The van der Waals surface area contributed by atoms with Crippen LogP contribution in [0.3, 0.4) is 0 Å². The zero-order valence-corrected chi connectivity index (χ0v) is 13.0. The fourth-order valence-corrected chi connectivity index (χ4v) is 2.67. The van der Waals surface area contributed by atoms with Gasteiger partial charge in [-0.15, -0.1) is 0 Å². The van der Waals surface area contributed by atoms with Crippen molar-refractivity contribution >= 4 is 5.91 Å². The van der Waals surface area contributed by atoms with E-state index in [-0.39, 0.29) is 11.9 Å². The molecule has 110 valence electrons. The number of likely N-dealkylation sites (tertiary alicyclic amines) is 1. The third-order valence-corrected chi connectivity index (χ3v) is 4.84. The molecule has 1 heterocycles. The molecule has 1 fully saturated rings. The quantitative estimate of drug-likeness (QED) is 0.920. The molecule has 0 spiro atoms. The van der Waals surface area contributed by atoms with Crippen molar-refractivity contribution in [2.75, 3.05) is 6.54 Å². The average molecular weight is 274 g/mol. The van der Waals surface area contributed by atoms with Crippen molar-refractivity contribution in [3.63, 3.8) is 0 Å². The van der Waals surface area contributed by atoms with Gasteiger partial charge in [-0.25, -0.2) is 0 Å². The maximum Gasteiger partial charge on any atom is 0.230 e. The molecule has 2 rings (SSSR count). The predicted octanol–water partition coefficient (Wildman–Crippen LogP) is 3.11. The van der Waals surface area contributed by atoms with Gasteiger partial charge < -0.3 is 10.6 Å². The number of hydrogen-bond donors (Lipinski definition) is 1. The normalized spacial score (nSPS) is 20.2. The highest BCUT2D eigenvalue weighted by atomic mass is 16.2. The van der Waals surface area contributed by atoms with E-state index in [1.165, 1.54) is 5.56 Å². The van der Waals surface area contributed by atoms with Crippen LogP contribution in [0.2, 0.25) is 0 Å². The minimum atomic E-state index is -0.565. The van der Waals surface area contributed by atoms with Gasteiger partial charge in [0.25, 0.3) is 0 Å². The molecule has 1 aliphatic rings. The molecular weight excluding hydrogens is 248 g/mol.